The van der Waals surface area contributed by atoms with E-state index in [0.717, 1.165) is 16.0 Å². The van der Waals surface area contributed by atoms with Gasteiger partial charge in [-0.05, 0) is 31.7 Å². The molecular weight excluding hydrogens is 285 g/mol. The molecule has 0 saturated heterocycles. The quantitative estimate of drug-likeness (QED) is 0.915. The van der Waals surface area contributed by atoms with Gasteiger partial charge < -0.3 is 10.7 Å². The number of aromatic nitrogens is 2. The highest BCUT2D eigenvalue weighted by atomic mass is 79.9. The molecule has 2 aromatic rings. The second-order valence-corrected chi connectivity index (χ2v) is 4.73. The third kappa shape index (κ3) is 2.56. The highest BCUT2D eigenvalue weighted by molar-refractivity contribution is 9.10. The summed E-state index contributed by atoms with van der Waals surface area (Å²) < 4.78 is 14.6. The maximum atomic E-state index is 13.8. The Morgan fingerprint density at radius 3 is 2.94 bits per heavy atom. The van der Waals surface area contributed by atoms with Crippen LogP contribution in [0.5, 0.6) is 0 Å². The Kier molecular flexibility index (Phi) is 3.59. The molecule has 2 rings (SSSR count). The zero-order valence-electron chi connectivity index (χ0n) is 9.43. The van der Waals surface area contributed by atoms with Crippen LogP contribution < -0.4 is 5.73 Å². The van der Waals surface area contributed by atoms with Crippen LogP contribution in [-0.4, -0.2) is 16.5 Å². The van der Waals surface area contributed by atoms with E-state index >= 15 is 0 Å². The van der Waals surface area contributed by atoms with Crippen molar-refractivity contribution in [3.05, 3.63) is 40.0 Å². The number of nitrogens with one attached hydrogen (secondary N) is 1. The predicted molar refractivity (Wildman–Crippen MR) is 69.2 cm³/mol. The third-order valence-electron chi connectivity index (χ3n) is 2.48. The van der Waals surface area contributed by atoms with Crippen LogP contribution in [0.25, 0.3) is 11.3 Å². The summed E-state index contributed by atoms with van der Waals surface area (Å²) in [6, 6.07) is 4.82. The van der Waals surface area contributed by atoms with Gasteiger partial charge in [0, 0.05) is 22.2 Å². The maximum absolute atomic E-state index is 13.8. The summed E-state index contributed by atoms with van der Waals surface area (Å²) in [7, 11) is 0. The SMILES string of the molecule is Cc1nc(-c2cc(Br)ccc2F)c(CCN)[nH]1. The fourth-order valence-corrected chi connectivity index (χ4v) is 2.13. The largest absolute Gasteiger partial charge is 0.346 e. The lowest BCUT2D eigenvalue weighted by molar-refractivity contribution is 0.630. The van der Waals surface area contributed by atoms with Gasteiger partial charge in [0.1, 0.15) is 11.6 Å². The Morgan fingerprint density at radius 2 is 2.24 bits per heavy atom. The second kappa shape index (κ2) is 4.98. The van der Waals surface area contributed by atoms with Gasteiger partial charge in [-0.3, -0.25) is 0 Å². The summed E-state index contributed by atoms with van der Waals surface area (Å²) in [6.07, 6.45) is 0.655. The van der Waals surface area contributed by atoms with Gasteiger partial charge in [0.2, 0.25) is 0 Å². The average molecular weight is 298 g/mol. The van der Waals surface area contributed by atoms with Gasteiger partial charge in [-0.2, -0.15) is 0 Å². The lowest BCUT2D eigenvalue weighted by atomic mass is 10.1. The first-order valence-electron chi connectivity index (χ1n) is 5.33. The second-order valence-electron chi connectivity index (χ2n) is 3.81. The van der Waals surface area contributed by atoms with Crippen LogP contribution in [0.3, 0.4) is 0 Å². The minimum atomic E-state index is -0.280. The number of hydrogen-bond donors (Lipinski definition) is 2. The molecule has 5 heteroatoms. The topological polar surface area (TPSA) is 54.7 Å². The number of aryl methyl sites for hydroxylation is 1. The van der Waals surface area contributed by atoms with E-state index in [1.54, 1.807) is 12.1 Å². The fraction of sp³-hybridized carbons (Fsp3) is 0.250. The first kappa shape index (κ1) is 12.3. The standard InChI is InChI=1S/C12H13BrFN3/c1-7-16-11(4-5-15)12(17-7)9-6-8(13)2-3-10(9)14/h2-3,6H,4-5,15H2,1H3,(H,16,17). The first-order chi connectivity index (χ1) is 8.11. The van der Waals surface area contributed by atoms with Crippen molar-refractivity contribution in [3.63, 3.8) is 0 Å². The molecule has 17 heavy (non-hydrogen) atoms. The summed E-state index contributed by atoms with van der Waals surface area (Å²) in [4.78, 5) is 7.45. The highest BCUT2D eigenvalue weighted by Gasteiger charge is 2.14. The fourth-order valence-electron chi connectivity index (χ4n) is 1.77. The van der Waals surface area contributed by atoms with Gasteiger partial charge in [-0.1, -0.05) is 15.9 Å². The molecule has 1 aromatic carbocycles. The van der Waals surface area contributed by atoms with Crippen molar-refractivity contribution < 1.29 is 4.39 Å². The molecule has 0 aliphatic rings. The zero-order chi connectivity index (χ0) is 12.4. The summed E-state index contributed by atoms with van der Waals surface area (Å²) in [5, 5.41) is 0. The Morgan fingerprint density at radius 1 is 1.47 bits per heavy atom. The van der Waals surface area contributed by atoms with Gasteiger partial charge in [0.15, 0.2) is 0 Å². The average Bonchev–Trinajstić information content (AvgIpc) is 2.64. The number of halogens is 2. The Balaban J connectivity index is 2.55. The number of imidazole rings is 1. The van der Waals surface area contributed by atoms with Gasteiger partial charge >= 0.3 is 0 Å². The molecule has 0 aliphatic carbocycles. The molecule has 0 aliphatic heterocycles. The van der Waals surface area contributed by atoms with Crippen LogP contribution in [0.1, 0.15) is 11.5 Å². The molecule has 0 amide bonds. The van der Waals surface area contributed by atoms with Crippen molar-refractivity contribution in [2.75, 3.05) is 6.54 Å². The number of aromatic amines is 1. The van der Waals surface area contributed by atoms with Crippen LogP contribution in [0, 0.1) is 12.7 Å². The van der Waals surface area contributed by atoms with Crippen molar-refractivity contribution in [1.82, 2.24) is 9.97 Å². The molecule has 1 heterocycles. The molecule has 0 unspecified atom stereocenters. The lowest BCUT2D eigenvalue weighted by Gasteiger charge is -2.03. The molecule has 0 spiro atoms. The molecule has 3 N–H and O–H groups in total. The normalized spacial score (nSPS) is 10.8. The van der Waals surface area contributed by atoms with E-state index in [9.17, 15) is 4.39 Å². The van der Waals surface area contributed by atoms with Crippen LogP contribution in [-0.2, 0) is 6.42 Å². The molecule has 90 valence electrons. The first-order valence-corrected chi connectivity index (χ1v) is 6.12. The smallest absolute Gasteiger partial charge is 0.132 e. The number of hydrogen-bond acceptors (Lipinski definition) is 2. The molecular formula is C12H13BrFN3. The number of benzene rings is 1. The van der Waals surface area contributed by atoms with Gasteiger partial charge in [-0.15, -0.1) is 0 Å². The van der Waals surface area contributed by atoms with E-state index in [4.69, 9.17) is 5.73 Å². The van der Waals surface area contributed by atoms with Crippen LogP contribution >= 0.6 is 15.9 Å². The van der Waals surface area contributed by atoms with E-state index in [2.05, 4.69) is 25.9 Å². The Labute approximate surface area is 107 Å². The highest BCUT2D eigenvalue weighted by Crippen LogP contribution is 2.27. The molecule has 0 radical (unpaired) electrons. The van der Waals surface area contributed by atoms with E-state index in [0.29, 0.717) is 24.2 Å². The third-order valence-corrected chi connectivity index (χ3v) is 2.97. The van der Waals surface area contributed by atoms with Crippen molar-refractivity contribution in [2.45, 2.75) is 13.3 Å². The monoisotopic (exact) mass is 297 g/mol. The van der Waals surface area contributed by atoms with Crippen LogP contribution in [0.2, 0.25) is 0 Å². The zero-order valence-corrected chi connectivity index (χ0v) is 11.0. The minimum absolute atomic E-state index is 0.280. The van der Waals surface area contributed by atoms with Gasteiger partial charge in [0.25, 0.3) is 0 Å². The van der Waals surface area contributed by atoms with Crippen molar-refractivity contribution in [2.24, 2.45) is 5.73 Å². The minimum Gasteiger partial charge on any atom is -0.346 e. The Hall–Kier alpha value is -1.20. The lowest BCUT2D eigenvalue weighted by Crippen LogP contribution is -2.04. The van der Waals surface area contributed by atoms with Crippen molar-refractivity contribution in [1.29, 1.82) is 0 Å². The molecule has 0 fully saturated rings. The predicted octanol–water partition coefficient (Wildman–Crippen LogP) is 2.79. The molecule has 0 bridgehead atoms. The van der Waals surface area contributed by atoms with E-state index in [-0.39, 0.29) is 5.82 Å². The molecule has 0 saturated carbocycles. The van der Waals surface area contributed by atoms with Gasteiger partial charge in [0.05, 0.1) is 5.69 Å². The number of rotatable bonds is 3. The number of nitrogens with zero attached hydrogens (tertiary/aromatic N) is 1. The van der Waals surface area contributed by atoms with Crippen molar-refractivity contribution >= 4 is 15.9 Å². The van der Waals surface area contributed by atoms with Crippen LogP contribution in [0.4, 0.5) is 4.39 Å². The Bertz CT molecular complexity index is 537. The molecule has 3 nitrogen and oxygen atoms in total. The van der Waals surface area contributed by atoms with Crippen molar-refractivity contribution in [3.8, 4) is 11.3 Å². The maximum Gasteiger partial charge on any atom is 0.132 e. The number of H-pyrrole nitrogens is 1. The summed E-state index contributed by atoms with van der Waals surface area (Å²) in [5.41, 5.74) is 7.55. The van der Waals surface area contributed by atoms with Gasteiger partial charge in [-0.25, -0.2) is 9.37 Å². The van der Waals surface area contributed by atoms with E-state index in [1.165, 1.54) is 6.07 Å². The molecule has 1 aromatic heterocycles. The van der Waals surface area contributed by atoms with E-state index in [1.807, 2.05) is 6.92 Å². The molecule has 0 atom stereocenters. The van der Waals surface area contributed by atoms with Crippen LogP contribution in [0.15, 0.2) is 22.7 Å². The summed E-state index contributed by atoms with van der Waals surface area (Å²) in [6.45, 7) is 2.35. The summed E-state index contributed by atoms with van der Waals surface area (Å²) in [5.74, 6) is 0.487. The number of nitrogens with two attached hydrogens (primary N) is 1. The van der Waals surface area contributed by atoms with E-state index < -0.39 is 0 Å². The summed E-state index contributed by atoms with van der Waals surface area (Å²) >= 11 is 3.33.